The van der Waals surface area contributed by atoms with Crippen molar-refractivity contribution < 1.29 is 14.1 Å². The highest BCUT2D eigenvalue weighted by Crippen LogP contribution is 2.35. The van der Waals surface area contributed by atoms with Crippen LogP contribution in [0.3, 0.4) is 0 Å². The Bertz CT molecular complexity index is 668. The number of hydrogen-bond donors (Lipinski definition) is 0. The number of benzene rings is 1. The van der Waals surface area contributed by atoms with Crippen LogP contribution in [0.1, 0.15) is 20.9 Å². The third-order valence-corrected chi connectivity index (χ3v) is 5.86. The Hall–Kier alpha value is -0.990. The van der Waals surface area contributed by atoms with Gasteiger partial charge >= 0.3 is 5.88 Å². The molecule has 0 fully saturated rings. The highest BCUT2D eigenvalue weighted by Gasteiger charge is 2.29. The second kappa shape index (κ2) is 6.85. The van der Waals surface area contributed by atoms with E-state index in [2.05, 4.69) is 47.8 Å². The van der Waals surface area contributed by atoms with Crippen molar-refractivity contribution >= 4 is 59.5 Å². The summed E-state index contributed by atoms with van der Waals surface area (Å²) >= 11 is 9.94. The van der Waals surface area contributed by atoms with Crippen molar-refractivity contribution in [1.29, 1.82) is 0 Å². The molecule has 110 valence electrons. The molecule has 2 aromatic rings. The molecular weight excluding hydrogens is 474 g/mol. The summed E-state index contributed by atoms with van der Waals surface area (Å²) in [6.45, 7) is 0. The molecule has 0 aliphatic carbocycles. The first-order valence-electron chi connectivity index (χ1n) is 5.72. The van der Waals surface area contributed by atoms with Gasteiger partial charge in [0.1, 0.15) is 10.7 Å². The van der Waals surface area contributed by atoms with Gasteiger partial charge in [-0.15, -0.1) is 0 Å². The monoisotopic (exact) mass is 479 g/mol. The molecule has 0 saturated heterocycles. The summed E-state index contributed by atoms with van der Waals surface area (Å²) in [5.41, 5.74) is 0.533. The second-order valence-corrected chi connectivity index (χ2v) is 7.00. The first-order valence-corrected chi connectivity index (χ1v) is 8.34. The van der Waals surface area contributed by atoms with Crippen molar-refractivity contribution in [3.05, 3.63) is 62.3 Å². The molecule has 0 saturated carbocycles. The first-order chi connectivity index (χ1) is 9.90. The van der Waals surface area contributed by atoms with E-state index in [-0.39, 0.29) is 11.7 Å². The maximum absolute atomic E-state index is 12.3. The molecule has 2 atom stereocenters. The van der Waals surface area contributed by atoms with E-state index >= 15 is 0 Å². The molecule has 0 aliphatic heterocycles. The molecule has 2 rings (SSSR count). The molecule has 0 N–H and O–H groups in total. The Labute approximate surface area is 145 Å². The van der Waals surface area contributed by atoms with Crippen LogP contribution in [-0.2, 0) is 0 Å². The number of hydrogen-bond acceptors (Lipinski definition) is 4. The van der Waals surface area contributed by atoms with Crippen LogP contribution in [0.5, 0.6) is 0 Å². The molecule has 0 unspecified atom stereocenters. The number of furan rings is 1. The smallest absolute Gasteiger partial charge is 0.405 e. The minimum absolute atomic E-state index is 0.150. The van der Waals surface area contributed by atoms with Gasteiger partial charge in [0.15, 0.2) is 5.78 Å². The Morgan fingerprint density at radius 3 is 2.29 bits per heavy atom. The molecule has 0 bridgehead atoms. The SMILES string of the molecule is O=C(c1ccc(Br)cc1)[C@@H](Br)[C@@H](Br)c1ccc([N+](=O)[O-])o1. The number of carbonyl (C=O) groups is 1. The zero-order valence-corrected chi connectivity index (χ0v) is 15.1. The maximum Gasteiger partial charge on any atom is 0.433 e. The van der Waals surface area contributed by atoms with Crippen LogP contribution in [0.2, 0.25) is 0 Å². The molecular formula is C13H8Br3NO4. The number of carbonyl (C=O) groups excluding carboxylic acids is 1. The summed E-state index contributed by atoms with van der Waals surface area (Å²) in [6, 6.07) is 9.67. The number of alkyl halides is 2. The first kappa shape index (κ1) is 16.4. The zero-order valence-electron chi connectivity index (χ0n) is 10.3. The molecule has 5 nitrogen and oxygen atoms in total. The van der Waals surface area contributed by atoms with E-state index in [1.54, 1.807) is 24.3 Å². The largest absolute Gasteiger partial charge is 0.433 e. The van der Waals surface area contributed by atoms with Crippen LogP contribution < -0.4 is 0 Å². The molecule has 8 heteroatoms. The summed E-state index contributed by atoms with van der Waals surface area (Å²) in [5, 5.41) is 10.6. The van der Waals surface area contributed by atoms with Gasteiger partial charge in [-0.2, -0.15) is 0 Å². The summed E-state index contributed by atoms with van der Waals surface area (Å²) < 4.78 is 5.97. The molecule has 21 heavy (non-hydrogen) atoms. The van der Waals surface area contributed by atoms with Crippen molar-refractivity contribution in [2.75, 3.05) is 0 Å². The van der Waals surface area contributed by atoms with Gasteiger partial charge in [-0.1, -0.05) is 59.9 Å². The maximum atomic E-state index is 12.3. The van der Waals surface area contributed by atoms with Crippen LogP contribution in [0.15, 0.2) is 45.3 Å². The van der Waals surface area contributed by atoms with Crippen molar-refractivity contribution in [1.82, 2.24) is 0 Å². The van der Waals surface area contributed by atoms with E-state index in [4.69, 9.17) is 4.42 Å². The van der Waals surface area contributed by atoms with Gasteiger partial charge in [0.2, 0.25) is 0 Å². The number of nitrogens with zero attached hydrogens (tertiary/aromatic N) is 1. The van der Waals surface area contributed by atoms with Gasteiger partial charge in [-0.05, 0) is 18.2 Å². The summed E-state index contributed by atoms with van der Waals surface area (Å²) in [5.74, 6) is -0.192. The molecule has 1 aromatic carbocycles. The summed E-state index contributed by atoms with van der Waals surface area (Å²) in [6.07, 6.45) is 0. The van der Waals surface area contributed by atoms with E-state index in [1.165, 1.54) is 12.1 Å². The lowest BCUT2D eigenvalue weighted by Crippen LogP contribution is -2.18. The van der Waals surface area contributed by atoms with Gasteiger partial charge in [0.05, 0.1) is 15.7 Å². The summed E-state index contributed by atoms with van der Waals surface area (Å²) in [4.78, 5) is 21.2. The quantitative estimate of drug-likeness (QED) is 0.260. The van der Waals surface area contributed by atoms with Gasteiger partial charge < -0.3 is 4.42 Å². The van der Waals surface area contributed by atoms with Gasteiger partial charge in [0, 0.05) is 10.0 Å². The number of halogens is 3. The van der Waals surface area contributed by atoms with Crippen LogP contribution in [0.25, 0.3) is 0 Å². The predicted molar refractivity (Wildman–Crippen MR) is 88.2 cm³/mol. The molecule has 1 heterocycles. The van der Waals surface area contributed by atoms with Crippen molar-refractivity contribution in [3.63, 3.8) is 0 Å². The van der Waals surface area contributed by atoms with Crippen LogP contribution in [0.4, 0.5) is 5.88 Å². The third-order valence-electron chi connectivity index (χ3n) is 2.70. The lowest BCUT2D eigenvalue weighted by Gasteiger charge is -2.13. The van der Waals surface area contributed by atoms with E-state index in [0.29, 0.717) is 11.3 Å². The second-order valence-electron chi connectivity index (χ2n) is 4.11. The average molecular weight is 482 g/mol. The highest BCUT2D eigenvalue weighted by molar-refractivity contribution is 9.12. The van der Waals surface area contributed by atoms with Gasteiger partial charge in [-0.3, -0.25) is 14.9 Å². The highest BCUT2D eigenvalue weighted by atomic mass is 79.9. The van der Waals surface area contributed by atoms with E-state index in [1.807, 2.05) is 0 Å². The van der Waals surface area contributed by atoms with Crippen LogP contribution in [-0.4, -0.2) is 15.5 Å². The number of Topliss-reactive ketones (excluding diaryl/α,β-unsaturated/α-hetero) is 1. The molecule has 0 spiro atoms. The van der Waals surface area contributed by atoms with Gasteiger partial charge in [0.25, 0.3) is 0 Å². The van der Waals surface area contributed by atoms with Crippen LogP contribution >= 0.6 is 47.8 Å². The average Bonchev–Trinajstić information content (AvgIpc) is 2.96. The van der Waals surface area contributed by atoms with E-state index in [9.17, 15) is 14.9 Å². The Morgan fingerprint density at radius 2 is 1.76 bits per heavy atom. The Kier molecular flexibility index (Phi) is 5.34. The number of ketones is 1. The lowest BCUT2D eigenvalue weighted by molar-refractivity contribution is -0.402. The van der Waals surface area contributed by atoms with Crippen LogP contribution in [0, 0.1) is 10.1 Å². The number of rotatable bonds is 5. The zero-order chi connectivity index (χ0) is 15.6. The van der Waals surface area contributed by atoms with Crippen molar-refractivity contribution in [2.45, 2.75) is 9.65 Å². The lowest BCUT2D eigenvalue weighted by atomic mass is 10.1. The third kappa shape index (κ3) is 3.81. The molecule has 0 radical (unpaired) electrons. The fourth-order valence-corrected chi connectivity index (χ4v) is 2.91. The Morgan fingerprint density at radius 1 is 1.14 bits per heavy atom. The Balaban J connectivity index is 2.17. The normalized spacial score (nSPS) is 13.7. The number of nitro groups is 1. The molecule has 0 amide bonds. The summed E-state index contributed by atoms with van der Waals surface area (Å²) in [7, 11) is 0. The minimum atomic E-state index is -0.622. The minimum Gasteiger partial charge on any atom is -0.405 e. The fourth-order valence-electron chi connectivity index (χ4n) is 1.64. The van der Waals surface area contributed by atoms with Crippen molar-refractivity contribution in [3.8, 4) is 0 Å². The molecule has 1 aromatic heterocycles. The predicted octanol–water partition coefficient (Wildman–Crippen LogP) is 5.03. The standard InChI is InChI=1S/C13H8Br3NO4/c14-8-3-1-7(2-4-8)13(18)12(16)11(15)9-5-6-10(21-9)17(19)20/h1-6,11-12H/t11-,12-/m0/s1. The molecule has 0 aliphatic rings. The van der Waals surface area contributed by atoms with Crippen molar-refractivity contribution in [2.24, 2.45) is 0 Å². The van der Waals surface area contributed by atoms with E-state index in [0.717, 1.165) is 4.47 Å². The fraction of sp³-hybridized carbons (Fsp3) is 0.154. The topological polar surface area (TPSA) is 73.3 Å². The van der Waals surface area contributed by atoms with Gasteiger partial charge in [-0.25, -0.2) is 0 Å². The van der Waals surface area contributed by atoms with E-state index < -0.39 is 14.6 Å².